The van der Waals surface area contributed by atoms with Crippen molar-refractivity contribution in [2.45, 2.75) is 45.7 Å². The lowest BCUT2D eigenvalue weighted by molar-refractivity contribution is 0.494. The van der Waals surface area contributed by atoms with Gasteiger partial charge in [0.1, 0.15) is 5.82 Å². The van der Waals surface area contributed by atoms with E-state index in [9.17, 15) is 4.39 Å². The van der Waals surface area contributed by atoms with Crippen molar-refractivity contribution in [1.82, 2.24) is 5.32 Å². The van der Waals surface area contributed by atoms with Gasteiger partial charge in [0.25, 0.3) is 0 Å². The smallest absolute Gasteiger partial charge is 0.124 e. The highest BCUT2D eigenvalue weighted by Crippen LogP contribution is 2.17. The van der Waals surface area contributed by atoms with Gasteiger partial charge in [0.15, 0.2) is 0 Å². The zero-order valence-corrected chi connectivity index (χ0v) is 10.6. The van der Waals surface area contributed by atoms with Gasteiger partial charge in [0, 0.05) is 17.6 Å². The summed E-state index contributed by atoms with van der Waals surface area (Å²) >= 11 is 5.94. The molecule has 1 aromatic carbocycles. The predicted octanol–water partition coefficient (Wildman–Crippen LogP) is 4.15. The van der Waals surface area contributed by atoms with E-state index in [2.05, 4.69) is 19.2 Å². The van der Waals surface area contributed by atoms with Crippen LogP contribution >= 0.6 is 11.6 Å². The van der Waals surface area contributed by atoms with Crippen LogP contribution in [0.4, 0.5) is 4.39 Å². The lowest BCUT2D eigenvalue weighted by atomic mass is 10.1. The van der Waals surface area contributed by atoms with Gasteiger partial charge in [-0.25, -0.2) is 4.39 Å². The number of hydrogen-bond donors (Lipinski definition) is 1. The van der Waals surface area contributed by atoms with Crippen LogP contribution < -0.4 is 5.32 Å². The number of hydrogen-bond acceptors (Lipinski definition) is 1. The molecule has 0 aromatic heterocycles. The van der Waals surface area contributed by atoms with Gasteiger partial charge in [0.2, 0.25) is 0 Å². The third-order valence-electron chi connectivity index (χ3n) is 2.65. The molecular formula is C13H19ClFN. The molecule has 90 valence electrons. The summed E-state index contributed by atoms with van der Waals surface area (Å²) in [5.41, 5.74) is 0.950. The number of benzene rings is 1. The molecule has 1 rings (SSSR count). The minimum absolute atomic E-state index is 0.284. The van der Waals surface area contributed by atoms with Gasteiger partial charge in [-0.2, -0.15) is 0 Å². The summed E-state index contributed by atoms with van der Waals surface area (Å²) in [6, 6.07) is 5.01. The van der Waals surface area contributed by atoms with Gasteiger partial charge < -0.3 is 5.32 Å². The van der Waals surface area contributed by atoms with Crippen LogP contribution in [0.25, 0.3) is 0 Å². The largest absolute Gasteiger partial charge is 0.310 e. The van der Waals surface area contributed by atoms with E-state index >= 15 is 0 Å². The molecule has 0 saturated carbocycles. The maximum absolute atomic E-state index is 12.8. The van der Waals surface area contributed by atoms with E-state index in [1.54, 1.807) is 6.07 Å². The summed E-state index contributed by atoms with van der Waals surface area (Å²) in [5, 5.41) is 3.88. The lowest BCUT2D eigenvalue weighted by Crippen LogP contribution is -2.25. The molecule has 0 amide bonds. The Balaban J connectivity index is 2.42. The first kappa shape index (κ1) is 13.5. The molecule has 0 saturated heterocycles. The van der Waals surface area contributed by atoms with Crippen LogP contribution in [0.1, 0.15) is 38.7 Å². The van der Waals surface area contributed by atoms with Crippen LogP contribution in [-0.2, 0) is 6.54 Å². The van der Waals surface area contributed by atoms with E-state index in [0.717, 1.165) is 12.0 Å². The molecule has 1 nitrogen and oxygen atoms in total. The fraction of sp³-hybridized carbons (Fsp3) is 0.538. The maximum Gasteiger partial charge on any atom is 0.124 e. The van der Waals surface area contributed by atoms with Gasteiger partial charge >= 0.3 is 0 Å². The first-order valence-corrected chi connectivity index (χ1v) is 6.18. The van der Waals surface area contributed by atoms with Gasteiger partial charge in [-0.1, -0.05) is 37.4 Å². The van der Waals surface area contributed by atoms with Crippen LogP contribution in [0.3, 0.4) is 0 Å². The topological polar surface area (TPSA) is 12.0 Å². The molecule has 0 fully saturated rings. The minimum atomic E-state index is -0.284. The third kappa shape index (κ3) is 4.50. The standard InChI is InChI=1S/C13H19ClFN/c1-3-4-5-10(2)16-9-11-6-7-12(15)8-13(11)14/h6-8,10,16H,3-5,9H2,1-2H3. The van der Waals surface area contributed by atoms with Crippen LogP contribution in [0.15, 0.2) is 18.2 Å². The molecule has 1 aromatic rings. The zero-order chi connectivity index (χ0) is 12.0. The fourth-order valence-electron chi connectivity index (χ4n) is 1.56. The van der Waals surface area contributed by atoms with Crippen LogP contribution in [0, 0.1) is 5.82 Å². The van der Waals surface area contributed by atoms with E-state index in [-0.39, 0.29) is 5.82 Å². The van der Waals surface area contributed by atoms with Gasteiger partial charge in [-0.15, -0.1) is 0 Å². The predicted molar refractivity (Wildman–Crippen MR) is 67.2 cm³/mol. The van der Waals surface area contributed by atoms with Crippen molar-refractivity contribution in [3.63, 3.8) is 0 Å². The van der Waals surface area contributed by atoms with Crippen molar-refractivity contribution in [3.8, 4) is 0 Å². The van der Waals surface area contributed by atoms with Crippen molar-refractivity contribution in [3.05, 3.63) is 34.6 Å². The molecular weight excluding hydrogens is 225 g/mol. The first-order chi connectivity index (χ1) is 7.63. The normalized spacial score (nSPS) is 12.8. The molecule has 0 bridgehead atoms. The quantitative estimate of drug-likeness (QED) is 0.792. The summed E-state index contributed by atoms with van der Waals surface area (Å²) in [5.74, 6) is -0.284. The maximum atomic E-state index is 12.8. The summed E-state index contributed by atoms with van der Waals surface area (Å²) in [6.45, 7) is 5.04. The molecule has 3 heteroatoms. The number of halogens is 2. The molecule has 1 unspecified atom stereocenters. The first-order valence-electron chi connectivity index (χ1n) is 5.80. The van der Waals surface area contributed by atoms with Crippen LogP contribution in [-0.4, -0.2) is 6.04 Å². The lowest BCUT2D eigenvalue weighted by Gasteiger charge is -2.13. The van der Waals surface area contributed by atoms with E-state index in [4.69, 9.17) is 11.6 Å². The van der Waals surface area contributed by atoms with Crippen molar-refractivity contribution < 1.29 is 4.39 Å². The van der Waals surface area contributed by atoms with E-state index < -0.39 is 0 Å². The number of rotatable bonds is 6. The Labute approximate surface area is 102 Å². The summed E-state index contributed by atoms with van der Waals surface area (Å²) in [6.07, 6.45) is 3.60. The highest BCUT2D eigenvalue weighted by atomic mass is 35.5. The monoisotopic (exact) mass is 243 g/mol. The van der Waals surface area contributed by atoms with Gasteiger partial charge in [0.05, 0.1) is 0 Å². The molecule has 0 aliphatic rings. The van der Waals surface area contributed by atoms with Crippen molar-refractivity contribution in [1.29, 1.82) is 0 Å². The second-order valence-corrected chi connectivity index (χ2v) is 4.57. The third-order valence-corrected chi connectivity index (χ3v) is 3.00. The second kappa shape index (κ2) is 6.87. The van der Waals surface area contributed by atoms with Gasteiger partial charge in [-0.05, 0) is 31.0 Å². The Morgan fingerprint density at radius 3 is 2.81 bits per heavy atom. The second-order valence-electron chi connectivity index (χ2n) is 4.16. The molecule has 0 radical (unpaired) electrons. The highest BCUT2D eigenvalue weighted by molar-refractivity contribution is 6.31. The molecule has 16 heavy (non-hydrogen) atoms. The van der Waals surface area contributed by atoms with Crippen LogP contribution in [0.2, 0.25) is 5.02 Å². The minimum Gasteiger partial charge on any atom is -0.310 e. The SMILES string of the molecule is CCCCC(C)NCc1ccc(F)cc1Cl. The molecule has 0 aliphatic carbocycles. The zero-order valence-electron chi connectivity index (χ0n) is 9.89. The van der Waals surface area contributed by atoms with Crippen molar-refractivity contribution >= 4 is 11.6 Å². The molecule has 0 heterocycles. The summed E-state index contributed by atoms with van der Waals surface area (Å²) in [4.78, 5) is 0. The average molecular weight is 244 g/mol. The Kier molecular flexibility index (Phi) is 5.78. The molecule has 0 aliphatic heterocycles. The summed E-state index contributed by atoms with van der Waals surface area (Å²) in [7, 11) is 0. The number of unbranched alkanes of at least 4 members (excludes halogenated alkanes) is 1. The van der Waals surface area contributed by atoms with Crippen molar-refractivity contribution in [2.24, 2.45) is 0 Å². The summed E-state index contributed by atoms with van der Waals surface area (Å²) < 4.78 is 12.8. The fourth-order valence-corrected chi connectivity index (χ4v) is 1.80. The average Bonchev–Trinajstić information content (AvgIpc) is 2.25. The molecule has 1 N–H and O–H groups in total. The Bertz CT molecular complexity index is 328. The highest BCUT2D eigenvalue weighted by Gasteiger charge is 2.04. The molecule has 0 spiro atoms. The van der Waals surface area contributed by atoms with Gasteiger partial charge in [-0.3, -0.25) is 0 Å². The van der Waals surface area contributed by atoms with E-state index in [1.807, 2.05) is 0 Å². The molecule has 1 atom stereocenters. The number of nitrogens with one attached hydrogen (secondary N) is 1. The Hall–Kier alpha value is -0.600. The van der Waals surface area contributed by atoms with Crippen molar-refractivity contribution in [2.75, 3.05) is 0 Å². The van der Waals surface area contributed by atoms with E-state index in [0.29, 0.717) is 17.6 Å². The van der Waals surface area contributed by atoms with Crippen LogP contribution in [0.5, 0.6) is 0 Å². The van der Waals surface area contributed by atoms with E-state index in [1.165, 1.54) is 25.0 Å². The Morgan fingerprint density at radius 1 is 1.44 bits per heavy atom. The Morgan fingerprint density at radius 2 is 2.19 bits per heavy atom.